The van der Waals surface area contributed by atoms with E-state index in [4.69, 9.17) is 5.73 Å². The van der Waals surface area contributed by atoms with E-state index in [1.807, 2.05) is 36.2 Å². The van der Waals surface area contributed by atoms with E-state index in [-0.39, 0.29) is 18.1 Å². The number of allylic oxidation sites excluding steroid dienone is 5. The second-order valence-corrected chi connectivity index (χ2v) is 8.51. The molecule has 0 saturated carbocycles. The first-order valence-electron chi connectivity index (χ1n) is 11.4. The maximum Gasteiger partial charge on any atom is 0.333 e. The molecule has 1 aliphatic rings. The van der Waals surface area contributed by atoms with E-state index in [1.54, 1.807) is 23.6 Å². The van der Waals surface area contributed by atoms with E-state index in [0.717, 1.165) is 30.6 Å². The smallest absolute Gasteiger partial charge is 0.333 e. The number of rotatable bonds is 8. The number of nitrogens with one attached hydrogen (secondary N) is 1. The molecule has 2 heterocycles. The van der Waals surface area contributed by atoms with Gasteiger partial charge in [-0.05, 0) is 43.5 Å². The number of nitrogens with two attached hydrogens (primary N) is 1. The van der Waals surface area contributed by atoms with Gasteiger partial charge in [0.2, 0.25) is 0 Å². The lowest BCUT2D eigenvalue weighted by molar-refractivity contribution is 0.490. The number of piperidine rings is 1. The van der Waals surface area contributed by atoms with Crippen molar-refractivity contribution < 1.29 is 0 Å². The highest BCUT2D eigenvalue weighted by atomic mass is 16.2. The topological polar surface area (TPSA) is 109 Å². The summed E-state index contributed by atoms with van der Waals surface area (Å²) in [4.78, 5) is 28.8. The molecule has 1 aromatic heterocycles. The zero-order chi connectivity index (χ0) is 24.7. The number of para-hydroxylation sites is 1. The number of aromatic nitrogens is 2. The van der Waals surface area contributed by atoms with Gasteiger partial charge in [0, 0.05) is 37.9 Å². The van der Waals surface area contributed by atoms with Crippen LogP contribution in [0.3, 0.4) is 0 Å². The summed E-state index contributed by atoms with van der Waals surface area (Å²) in [5, 5.41) is 12.4. The lowest BCUT2D eigenvalue weighted by atomic mass is 10.1. The molecular formula is C26H32N6O2. The Labute approximate surface area is 199 Å². The van der Waals surface area contributed by atoms with E-state index in [0.29, 0.717) is 30.1 Å². The van der Waals surface area contributed by atoms with Gasteiger partial charge in [-0.25, -0.2) is 4.79 Å². The molecule has 8 heteroatoms. The van der Waals surface area contributed by atoms with Crippen molar-refractivity contribution in [3.8, 4) is 6.07 Å². The Morgan fingerprint density at radius 1 is 1.32 bits per heavy atom. The van der Waals surface area contributed by atoms with Gasteiger partial charge in [-0.2, -0.15) is 5.26 Å². The van der Waals surface area contributed by atoms with Gasteiger partial charge in [0.05, 0.1) is 24.7 Å². The Kier molecular flexibility index (Phi) is 8.28. The summed E-state index contributed by atoms with van der Waals surface area (Å²) in [5.74, 6) is 0.582. The van der Waals surface area contributed by atoms with Crippen LogP contribution in [0.1, 0.15) is 25.3 Å². The minimum absolute atomic E-state index is 0.00411. The maximum absolute atomic E-state index is 13.7. The Balaban J connectivity index is 2.11. The molecule has 1 saturated heterocycles. The Morgan fingerprint density at radius 3 is 2.76 bits per heavy atom. The molecular weight excluding hydrogens is 428 g/mol. The number of hydrogen-bond acceptors (Lipinski definition) is 6. The molecule has 3 N–H and O–H groups in total. The minimum Gasteiger partial charge on any atom is -0.388 e. The lowest BCUT2D eigenvalue weighted by Gasteiger charge is -2.34. The summed E-state index contributed by atoms with van der Waals surface area (Å²) in [6.45, 7) is 7.12. The third-order valence-corrected chi connectivity index (χ3v) is 5.89. The van der Waals surface area contributed by atoms with Crippen molar-refractivity contribution in [1.82, 2.24) is 9.13 Å². The van der Waals surface area contributed by atoms with Crippen LogP contribution in [0.15, 0.2) is 75.9 Å². The predicted octanol–water partition coefficient (Wildman–Crippen LogP) is 2.61. The highest BCUT2D eigenvalue weighted by molar-refractivity contribution is 5.51. The van der Waals surface area contributed by atoms with Crippen LogP contribution in [0, 0.1) is 11.3 Å². The molecule has 178 valence electrons. The second kappa shape index (κ2) is 11.3. The van der Waals surface area contributed by atoms with Crippen molar-refractivity contribution in [2.24, 2.45) is 5.73 Å². The molecule has 0 aliphatic carbocycles. The molecule has 0 radical (unpaired) electrons. The second-order valence-electron chi connectivity index (χ2n) is 8.51. The summed E-state index contributed by atoms with van der Waals surface area (Å²) >= 11 is 0. The van der Waals surface area contributed by atoms with Crippen molar-refractivity contribution in [3.05, 3.63) is 92.7 Å². The summed E-state index contributed by atoms with van der Waals surface area (Å²) in [6, 6.07) is 11.4. The molecule has 0 amide bonds. The summed E-state index contributed by atoms with van der Waals surface area (Å²) in [6.07, 6.45) is 6.59. The summed E-state index contributed by atoms with van der Waals surface area (Å²) in [5.41, 5.74) is 8.39. The molecule has 1 fully saturated rings. The van der Waals surface area contributed by atoms with Crippen molar-refractivity contribution in [1.29, 1.82) is 5.26 Å². The molecule has 1 aliphatic heterocycles. The van der Waals surface area contributed by atoms with Crippen LogP contribution in [0.4, 0.5) is 11.5 Å². The van der Waals surface area contributed by atoms with E-state index in [9.17, 15) is 14.9 Å². The highest BCUT2D eigenvalue weighted by Crippen LogP contribution is 2.21. The monoisotopic (exact) mass is 460 g/mol. The maximum atomic E-state index is 13.7. The number of benzene rings is 1. The number of nitrogens with zero attached hydrogens (tertiary/aromatic N) is 4. The molecule has 0 unspecified atom stereocenters. The normalized spacial score (nSPS) is 16.8. The van der Waals surface area contributed by atoms with Gasteiger partial charge in [-0.1, -0.05) is 36.4 Å². The molecule has 1 aromatic carbocycles. The molecule has 34 heavy (non-hydrogen) atoms. The minimum atomic E-state index is -0.397. The standard InChI is InChI=1S/C26H32N6O2/c1-4-8-20(15-27)13-19(2)16-32-25(33)14-24(30-12-7-10-22(28)18-30)31(26(32)34)17-21-9-5-6-11-23(21)29-3/h4-6,8-9,11,13-14,22,29H,1,7,10,12,16-18,28H2,2-3H3/b19-13+,20-8+/t22-/m1/s1. The van der Waals surface area contributed by atoms with Crippen molar-refractivity contribution >= 4 is 11.5 Å². The third-order valence-electron chi connectivity index (χ3n) is 5.89. The molecule has 8 nitrogen and oxygen atoms in total. The zero-order valence-corrected chi connectivity index (χ0v) is 19.8. The van der Waals surface area contributed by atoms with Crippen LogP contribution in [-0.2, 0) is 13.1 Å². The van der Waals surface area contributed by atoms with Gasteiger partial charge in [0.15, 0.2) is 0 Å². The van der Waals surface area contributed by atoms with E-state index in [2.05, 4.69) is 18.0 Å². The van der Waals surface area contributed by atoms with E-state index in [1.165, 1.54) is 16.7 Å². The number of hydrogen-bond donors (Lipinski definition) is 2. The van der Waals surface area contributed by atoms with Crippen LogP contribution < -0.4 is 27.2 Å². The van der Waals surface area contributed by atoms with E-state index < -0.39 is 5.69 Å². The summed E-state index contributed by atoms with van der Waals surface area (Å²) < 4.78 is 2.86. The van der Waals surface area contributed by atoms with Crippen LogP contribution in [0.2, 0.25) is 0 Å². The lowest BCUT2D eigenvalue weighted by Crippen LogP contribution is -2.48. The zero-order valence-electron chi connectivity index (χ0n) is 19.8. The van der Waals surface area contributed by atoms with Crippen molar-refractivity contribution in [2.75, 3.05) is 30.4 Å². The van der Waals surface area contributed by atoms with Gasteiger partial charge in [0.1, 0.15) is 5.82 Å². The van der Waals surface area contributed by atoms with Crippen LogP contribution >= 0.6 is 0 Å². The van der Waals surface area contributed by atoms with Gasteiger partial charge < -0.3 is 16.0 Å². The fraction of sp³-hybridized carbons (Fsp3) is 0.346. The molecule has 3 rings (SSSR count). The van der Waals surface area contributed by atoms with Crippen LogP contribution in [0.25, 0.3) is 0 Å². The quantitative estimate of drug-likeness (QED) is 0.463. The van der Waals surface area contributed by atoms with Crippen molar-refractivity contribution in [3.63, 3.8) is 0 Å². The fourth-order valence-corrected chi connectivity index (χ4v) is 4.26. The van der Waals surface area contributed by atoms with Gasteiger partial charge in [-0.15, -0.1) is 0 Å². The molecule has 0 bridgehead atoms. The van der Waals surface area contributed by atoms with Gasteiger partial charge in [0.25, 0.3) is 5.56 Å². The first kappa shape index (κ1) is 24.8. The van der Waals surface area contributed by atoms with Crippen molar-refractivity contribution in [2.45, 2.75) is 38.9 Å². The van der Waals surface area contributed by atoms with Crippen LogP contribution in [-0.4, -0.2) is 35.3 Å². The Hall–Kier alpha value is -3.83. The van der Waals surface area contributed by atoms with Gasteiger partial charge in [-0.3, -0.25) is 13.9 Å². The SMILES string of the molecule is C=C/C=C(C#N)\C=C(/C)Cn1c(=O)cc(N2CCC[C@@H](N)C2)n(Cc2ccccc2NC)c1=O. The Bertz CT molecular complexity index is 1260. The Morgan fingerprint density at radius 2 is 2.09 bits per heavy atom. The predicted molar refractivity (Wildman–Crippen MR) is 137 cm³/mol. The average molecular weight is 461 g/mol. The number of nitriles is 1. The molecule has 0 spiro atoms. The fourth-order valence-electron chi connectivity index (χ4n) is 4.26. The first-order valence-corrected chi connectivity index (χ1v) is 11.4. The highest BCUT2D eigenvalue weighted by Gasteiger charge is 2.22. The third kappa shape index (κ3) is 5.74. The molecule has 2 aromatic rings. The summed E-state index contributed by atoms with van der Waals surface area (Å²) in [7, 11) is 1.84. The van der Waals surface area contributed by atoms with Gasteiger partial charge >= 0.3 is 5.69 Å². The largest absolute Gasteiger partial charge is 0.388 e. The average Bonchev–Trinajstić information content (AvgIpc) is 2.83. The van der Waals surface area contributed by atoms with Crippen LogP contribution in [0.5, 0.6) is 0 Å². The first-order chi connectivity index (χ1) is 16.4. The number of anilines is 2. The van der Waals surface area contributed by atoms with E-state index >= 15 is 0 Å². The molecule has 1 atom stereocenters.